The van der Waals surface area contributed by atoms with Gasteiger partial charge in [-0.1, -0.05) is 6.07 Å². The van der Waals surface area contributed by atoms with Crippen LogP contribution in [0.1, 0.15) is 12.5 Å². The molecule has 0 saturated heterocycles. The number of hydrogen-bond acceptors (Lipinski definition) is 3. The number of rotatable bonds is 4. The average molecular weight is 264 g/mol. The predicted octanol–water partition coefficient (Wildman–Crippen LogP) is 3.36. The van der Waals surface area contributed by atoms with Gasteiger partial charge < -0.3 is 4.74 Å². The molecule has 17 heavy (non-hydrogen) atoms. The summed E-state index contributed by atoms with van der Waals surface area (Å²) < 4.78 is 41.8. The van der Waals surface area contributed by atoms with Crippen molar-refractivity contribution in [3.05, 3.63) is 29.8 Å². The van der Waals surface area contributed by atoms with E-state index in [9.17, 15) is 18.0 Å². The molecule has 0 heterocycles. The predicted molar refractivity (Wildman–Crippen MR) is 58.8 cm³/mol. The van der Waals surface area contributed by atoms with Gasteiger partial charge in [0.2, 0.25) is 0 Å². The van der Waals surface area contributed by atoms with Gasteiger partial charge in [-0.25, -0.2) is 0 Å². The smallest absolute Gasteiger partial charge is 0.416 e. The molecule has 94 valence electrons. The van der Waals surface area contributed by atoms with Crippen LogP contribution in [0.4, 0.5) is 13.2 Å². The van der Waals surface area contributed by atoms with Crippen molar-refractivity contribution < 1.29 is 22.7 Å². The lowest BCUT2D eigenvalue weighted by atomic mass is 10.2. The first-order valence-corrected chi connectivity index (χ1v) is 5.87. The second-order valence-corrected chi connectivity index (χ2v) is 4.17. The fraction of sp³-hybridized carbons (Fsp3) is 0.364. The second kappa shape index (κ2) is 5.95. The number of alkyl halides is 3. The molecule has 0 fully saturated rings. The van der Waals surface area contributed by atoms with E-state index in [4.69, 9.17) is 0 Å². The lowest BCUT2D eigenvalue weighted by Crippen LogP contribution is -2.07. The zero-order valence-electron chi connectivity index (χ0n) is 9.08. The van der Waals surface area contributed by atoms with E-state index in [-0.39, 0.29) is 12.4 Å². The van der Waals surface area contributed by atoms with Gasteiger partial charge >= 0.3 is 12.1 Å². The molecule has 0 bridgehead atoms. The number of carbonyl (C=O) groups is 1. The minimum absolute atomic E-state index is 0.00908. The Morgan fingerprint density at radius 1 is 1.41 bits per heavy atom. The number of carbonyl (C=O) groups excluding carboxylic acids is 1. The van der Waals surface area contributed by atoms with Crippen LogP contribution in [0.25, 0.3) is 0 Å². The number of esters is 1. The Balaban J connectivity index is 2.64. The summed E-state index contributed by atoms with van der Waals surface area (Å²) in [6.07, 6.45) is -4.36. The van der Waals surface area contributed by atoms with Gasteiger partial charge in [0.25, 0.3) is 0 Å². The average Bonchev–Trinajstić information content (AvgIpc) is 2.26. The van der Waals surface area contributed by atoms with Gasteiger partial charge in [-0.15, -0.1) is 11.8 Å². The van der Waals surface area contributed by atoms with Crippen LogP contribution in [-0.4, -0.2) is 18.3 Å². The van der Waals surface area contributed by atoms with Gasteiger partial charge in [-0.05, 0) is 25.1 Å². The third kappa shape index (κ3) is 4.68. The Hall–Kier alpha value is -1.17. The largest absolute Gasteiger partial charge is 0.465 e. The molecule has 0 aromatic heterocycles. The summed E-state index contributed by atoms with van der Waals surface area (Å²) in [6, 6.07) is 4.85. The first-order chi connectivity index (χ1) is 7.93. The molecule has 1 aromatic carbocycles. The second-order valence-electron chi connectivity index (χ2n) is 3.12. The molecule has 0 N–H and O–H groups in total. The quantitative estimate of drug-likeness (QED) is 0.616. The lowest BCUT2D eigenvalue weighted by Gasteiger charge is -2.08. The highest BCUT2D eigenvalue weighted by Crippen LogP contribution is 2.31. The van der Waals surface area contributed by atoms with Crippen molar-refractivity contribution in [1.82, 2.24) is 0 Å². The molecular formula is C11H11F3O2S. The minimum Gasteiger partial charge on any atom is -0.465 e. The molecule has 1 aromatic rings. The molecule has 0 aliphatic rings. The third-order valence-electron chi connectivity index (χ3n) is 1.82. The van der Waals surface area contributed by atoms with Crippen LogP contribution in [0, 0.1) is 0 Å². The van der Waals surface area contributed by atoms with E-state index in [2.05, 4.69) is 4.74 Å². The zero-order valence-corrected chi connectivity index (χ0v) is 9.90. The fourth-order valence-corrected chi connectivity index (χ4v) is 1.86. The van der Waals surface area contributed by atoms with Crippen molar-refractivity contribution in [2.75, 3.05) is 12.4 Å². The van der Waals surface area contributed by atoms with Crippen molar-refractivity contribution in [1.29, 1.82) is 0 Å². The van der Waals surface area contributed by atoms with E-state index >= 15 is 0 Å². The summed E-state index contributed by atoms with van der Waals surface area (Å²) in [5.41, 5.74) is -0.716. The third-order valence-corrected chi connectivity index (χ3v) is 2.79. The highest BCUT2D eigenvalue weighted by atomic mass is 32.2. The molecule has 0 radical (unpaired) electrons. The Labute approximate surface area is 101 Å². The van der Waals surface area contributed by atoms with Crippen molar-refractivity contribution >= 4 is 17.7 Å². The Bertz CT molecular complexity index is 391. The molecular weight excluding hydrogens is 253 g/mol. The molecule has 1 rings (SSSR count). The van der Waals surface area contributed by atoms with Crippen LogP contribution >= 0.6 is 11.8 Å². The van der Waals surface area contributed by atoms with Crippen LogP contribution in [0.5, 0.6) is 0 Å². The molecule has 0 amide bonds. The number of benzene rings is 1. The maximum Gasteiger partial charge on any atom is 0.416 e. The van der Waals surface area contributed by atoms with Crippen LogP contribution < -0.4 is 0 Å². The van der Waals surface area contributed by atoms with Gasteiger partial charge in [0.1, 0.15) is 0 Å². The molecule has 2 nitrogen and oxygen atoms in total. The van der Waals surface area contributed by atoms with E-state index in [1.807, 2.05) is 0 Å². The summed E-state index contributed by atoms with van der Waals surface area (Å²) in [5, 5.41) is 0. The number of thioether (sulfide) groups is 1. The van der Waals surface area contributed by atoms with Crippen LogP contribution in [-0.2, 0) is 15.7 Å². The van der Waals surface area contributed by atoms with Crippen molar-refractivity contribution in [2.24, 2.45) is 0 Å². The van der Waals surface area contributed by atoms with Crippen LogP contribution in [0.3, 0.4) is 0 Å². The van der Waals surface area contributed by atoms with Gasteiger partial charge in [0.05, 0.1) is 17.9 Å². The standard InChI is InChI=1S/C11H11F3O2S/c1-2-16-10(15)7-17-9-5-3-4-8(6-9)11(12,13)14/h3-6H,2,7H2,1H3. The highest BCUT2D eigenvalue weighted by molar-refractivity contribution is 8.00. The number of ether oxygens (including phenoxy) is 1. The van der Waals surface area contributed by atoms with E-state index in [1.165, 1.54) is 12.1 Å². The lowest BCUT2D eigenvalue weighted by molar-refractivity contribution is -0.140. The van der Waals surface area contributed by atoms with Crippen molar-refractivity contribution in [2.45, 2.75) is 18.0 Å². The molecule has 0 aliphatic heterocycles. The molecule has 0 atom stereocenters. The molecule has 6 heteroatoms. The normalized spacial score (nSPS) is 11.3. The Morgan fingerprint density at radius 2 is 2.12 bits per heavy atom. The zero-order chi connectivity index (χ0) is 12.9. The molecule has 0 aliphatic carbocycles. The van der Waals surface area contributed by atoms with Crippen molar-refractivity contribution in [3.63, 3.8) is 0 Å². The number of halogens is 3. The SMILES string of the molecule is CCOC(=O)CSc1cccc(C(F)(F)F)c1. The summed E-state index contributed by atoms with van der Waals surface area (Å²) in [7, 11) is 0. The molecule has 0 spiro atoms. The van der Waals surface area contributed by atoms with E-state index in [1.54, 1.807) is 6.92 Å². The summed E-state index contributed by atoms with van der Waals surface area (Å²) >= 11 is 1.02. The highest BCUT2D eigenvalue weighted by Gasteiger charge is 2.30. The fourth-order valence-electron chi connectivity index (χ4n) is 1.11. The van der Waals surface area contributed by atoms with Gasteiger partial charge in [-0.2, -0.15) is 13.2 Å². The first-order valence-electron chi connectivity index (χ1n) is 4.89. The van der Waals surface area contributed by atoms with Crippen LogP contribution in [0.15, 0.2) is 29.2 Å². The van der Waals surface area contributed by atoms with Crippen molar-refractivity contribution in [3.8, 4) is 0 Å². The van der Waals surface area contributed by atoms with Gasteiger partial charge in [0.15, 0.2) is 0 Å². The van der Waals surface area contributed by atoms with Gasteiger partial charge in [0, 0.05) is 4.90 Å². The summed E-state index contributed by atoms with van der Waals surface area (Å²) in [6.45, 7) is 1.94. The Morgan fingerprint density at radius 3 is 2.71 bits per heavy atom. The number of hydrogen-bond donors (Lipinski definition) is 0. The Kier molecular flexibility index (Phi) is 4.86. The monoisotopic (exact) mass is 264 g/mol. The summed E-state index contributed by atoms with van der Waals surface area (Å²) in [4.78, 5) is 11.4. The van der Waals surface area contributed by atoms with E-state index < -0.39 is 17.7 Å². The summed E-state index contributed by atoms with van der Waals surface area (Å²) in [5.74, 6) is -0.426. The first kappa shape index (κ1) is 13.9. The maximum atomic E-state index is 12.4. The topological polar surface area (TPSA) is 26.3 Å². The van der Waals surface area contributed by atoms with E-state index in [0.717, 1.165) is 23.9 Å². The molecule has 0 saturated carbocycles. The van der Waals surface area contributed by atoms with Crippen LogP contribution in [0.2, 0.25) is 0 Å². The maximum absolute atomic E-state index is 12.4. The van der Waals surface area contributed by atoms with Gasteiger partial charge in [-0.3, -0.25) is 4.79 Å². The van der Waals surface area contributed by atoms with E-state index in [0.29, 0.717) is 4.90 Å². The minimum atomic E-state index is -4.36. The molecule has 0 unspecified atom stereocenters.